The van der Waals surface area contributed by atoms with Crippen LogP contribution in [-0.4, -0.2) is 60.1 Å². The summed E-state index contributed by atoms with van der Waals surface area (Å²) in [6.07, 6.45) is 2.71. The molecule has 4 rings (SSSR count). The van der Waals surface area contributed by atoms with Gasteiger partial charge in [-0.3, -0.25) is 4.79 Å². The number of anilines is 3. The maximum atomic E-state index is 12.1. The Morgan fingerprint density at radius 1 is 1.14 bits per heavy atom. The Bertz CT molecular complexity index is 1400. The summed E-state index contributed by atoms with van der Waals surface area (Å²) in [6.45, 7) is 6.69. The average molecular weight is 505 g/mol. The van der Waals surface area contributed by atoms with Gasteiger partial charge in [0.25, 0.3) is 0 Å². The number of carbonyl (C=O) groups excluding carboxylic acids is 1. The van der Waals surface area contributed by atoms with E-state index >= 15 is 0 Å². The number of likely N-dealkylation sites (N-methyl/N-ethyl adjacent to an activating group) is 1. The second-order valence-electron chi connectivity index (χ2n) is 8.22. The predicted octanol–water partition coefficient (Wildman–Crippen LogP) is 4.88. The lowest BCUT2D eigenvalue weighted by Crippen LogP contribution is -2.20. The van der Waals surface area contributed by atoms with Crippen molar-refractivity contribution in [3.05, 3.63) is 60.4 Å². The number of hydrogen-bond acceptors (Lipinski definition) is 9. The number of fused-ring (bicyclic) bond motifs is 1. The van der Waals surface area contributed by atoms with Crippen molar-refractivity contribution in [1.82, 2.24) is 19.9 Å². The number of methoxy groups -OCH3 is 1. The third-order valence-corrected chi connectivity index (χ3v) is 6.20. The van der Waals surface area contributed by atoms with E-state index in [-0.39, 0.29) is 5.91 Å². The van der Waals surface area contributed by atoms with Crippen LogP contribution in [0.15, 0.2) is 55.4 Å². The molecule has 0 saturated carbocycles. The van der Waals surface area contributed by atoms with Gasteiger partial charge in [-0.2, -0.15) is 0 Å². The summed E-state index contributed by atoms with van der Waals surface area (Å²) in [5, 5.41) is 7.11. The Morgan fingerprint density at radius 2 is 1.97 bits per heavy atom. The molecule has 0 atom stereocenters. The molecule has 0 radical (unpaired) electrons. The van der Waals surface area contributed by atoms with E-state index in [4.69, 9.17) is 9.47 Å². The SMILES string of the molecule is C=CC(=O)Nc1cc(Nc2cc(-c3ccc4nc(C)sc4c3)ncn2)c(OC)cc1OCCN(C)C. The monoisotopic (exact) mass is 504 g/mol. The fourth-order valence-electron chi connectivity index (χ4n) is 3.49. The van der Waals surface area contributed by atoms with E-state index in [0.29, 0.717) is 41.8 Å². The van der Waals surface area contributed by atoms with Gasteiger partial charge in [-0.25, -0.2) is 15.0 Å². The molecule has 4 aromatic rings. The first-order valence-electron chi connectivity index (χ1n) is 11.3. The molecule has 0 saturated heterocycles. The van der Waals surface area contributed by atoms with Crippen LogP contribution in [-0.2, 0) is 4.79 Å². The Hall–Kier alpha value is -4.02. The van der Waals surface area contributed by atoms with Gasteiger partial charge in [0.1, 0.15) is 30.3 Å². The number of ether oxygens (including phenoxy) is 2. The molecule has 0 unspecified atom stereocenters. The van der Waals surface area contributed by atoms with Crippen molar-refractivity contribution in [3.8, 4) is 22.8 Å². The zero-order valence-corrected chi connectivity index (χ0v) is 21.5. The molecule has 2 aromatic heterocycles. The van der Waals surface area contributed by atoms with Gasteiger partial charge >= 0.3 is 0 Å². The number of carbonyl (C=O) groups is 1. The number of benzene rings is 2. The van der Waals surface area contributed by atoms with Crippen LogP contribution in [0.4, 0.5) is 17.2 Å². The van der Waals surface area contributed by atoms with Gasteiger partial charge in [0.15, 0.2) is 0 Å². The van der Waals surface area contributed by atoms with Gasteiger partial charge in [-0.15, -0.1) is 11.3 Å². The largest absolute Gasteiger partial charge is 0.494 e. The third kappa shape index (κ3) is 5.96. The molecule has 0 bridgehead atoms. The number of thiazole rings is 1. The lowest BCUT2D eigenvalue weighted by atomic mass is 10.1. The van der Waals surface area contributed by atoms with Crippen LogP contribution in [0.25, 0.3) is 21.5 Å². The minimum Gasteiger partial charge on any atom is -0.494 e. The van der Waals surface area contributed by atoms with Crippen molar-refractivity contribution in [3.63, 3.8) is 0 Å². The number of aromatic nitrogens is 3. The van der Waals surface area contributed by atoms with Crippen molar-refractivity contribution in [2.24, 2.45) is 0 Å². The highest BCUT2D eigenvalue weighted by Gasteiger charge is 2.15. The fraction of sp³-hybridized carbons (Fsp3) is 0.231. The number of amides is 1. The second kappa shape index (κ2) is 11.1. The molecule has 36 heavy (non-hydrogen) atoms. The smallest absolute Gasteiger partial charge is 0.247 e. The van der Waals surface area contributed by atoms with Crippen LogP contribution in [0.1, 0.15) is 5.01 Å². The number of nitrogens with one attached hydrogen (secondary N) is 2. The molecule has 2 heterocycles. The highest BCUT2D eigenvalue weighted by Crippen LogP contribution is 2.38. The highest BCUT2D eigenvalue weighted by molar-refractivity contribution is 7.18. The van der Waals surface area contributed by atoms with Crippen LogP contribution in [0.5, 0.6) is 11.5 Å². The first-order valence-corrected chi connectivity index (χ1v) is 12.1. The molecule has 10 heteroatoms. The number of aryl methyl sites for hydroxylation is 1. The Kier molecular flexibility index (Phi) is 7.77. The van der Waals surface area contributed by atoms with Crippen molar-refractivity contribution in [1.29, 1.82) is 0 Å². The van der Waals surface area contributed by atoms with E-state index in [1.54, 1.807) is 30.6 Å². The van der Waals surface area contributed by atoms with Crippen molar-refractivity contribution in [2.45, 2.75) is 6.92 Å². The molecule has 9 nitrogen and oxygen atoms in total. The van der Waals surface area contributed by atoms with Gasteiger partial charge in [-0.1, -0.05) is 12.6 Å². The molecule has 0 aliphatic heterocycles. The molecule has 0 fully saturated rings. The zero-order chi connectivity index (χ0) is 25.7. The molecule has 2 N–H and O–H groups in total. The summed E-state index contributed by atoms with van der Waals surface area (Å²) in [5.74, 6) is 1.25. The summed E-state index contributed by atoms with van der Waals surface area (Å²) < 4.78 is 12.6. The van der Waals surface area contributed by atoms with E-state index in [1.165, 1.54) is 12.4 Å². The number of hydrogen-bond donors (Lipinski definition) is 2. The predicted molar refractivity (Wildman–Crippen MR) is 145 cm³/mol. The van der Waals surface area contributed by atoms with E-state index in [9.17, 15) is 4.79 Å². The fourth-order valence-corrected chi connectivity index (χ4v) is 4.35. The third-order valence-electron chi connectivity index (χ3n) is 5.26. The van der Waals surface area contributed by atoms with Crippen LogP contribution in [0, 0.1) is 6.92 Å². The molecular formula is C26H28N6O3S. The first-order chi connectivity index (χ1) is 17.4. The lowest BCUT2D eigenvalue weighted by Gasteiger charge is -2.18. The van der Waals surface area contributed by atoms with E-state index in [2.05, 4.69) is 38.2 Å². The van der Waals surface area contributed by atoms with Gasteiger partial charge in [-0.05, 0) is 45.3 Å². The second-order valence-corrected chi connectivity index (χ2v) is 9.46. The topological polar surface area (TPSA) is 102 Å². The van der Waals surface area contributed by atoms with Crippen molar-refractivity contribution in [2.75, 3.05) is 45.0 Å². The van der Waals surface area contributed by atoms with Crippen LogP contribution in [0.3, 0.4) is 0 Å². The zero-order valence-electron chi connectivity index (χ0n) is 20.7. The van der Waals surface area contributed by atoms with E-state index in [1.807, 2.05) is 44.1 Å². The van der Waals surface area contributed by atoms with Gasteiger partial charge in [0.05, 0.1) is 39.4 Å². The van der Waals surface area contributed by atoms with Gasteiger partial charge < -0.3 is 25.0 Å². The average Bonchev–Trinajstić information content (AvgIpc) is 3.24. The van der Waals surface area contributed by atoms with Crippen molar-refractivity contribution >= 4 is 44.7 Å². The Balaban J connectivity index is 1.64. The molecule has 0 aliphatic carbocycles. The lowest BCUT2D eigenvalue weighted by molar-refractivity contribution is -0.111. The summed E-state index contributed by atoms with van der Waals surface area (Å²) in [5.41, 5.74) is 3.80. The minimum atomic E-state index is -0.346. The van der Waals surface area contributed by atoms with E-state index < -0.39 is 0 Å². The Labute approximate surface area is 213 Å². The summed E-state index contributed by atoms with van der Waals surface area (Å²) in [4.78, 5) is 27.4. The summed E-state index contributed by atoms with van der Waals surface area (Å²) >= 11 is 1.65. The summed E-state index contributed by atoms with van der Waals surface area (Å²) in [7, 11) is 5.50. The van der Waals surface area contributed by atoms with Crippen LogP contribution in [0.2, 0.25) is 0 Å². The Morgan fingerprint density at radius 3 is 2.72 bits per heavy atom. The summed E-state index contributed by atoms with van der Waals surface area (Å²) in [6, 6.07) is 11.4. The minimum absolute atomic E-state index is 0.346. The molecule has 0 aliphatic rings. The van der Waals surface area contributed by atoms with Gasteiger partial charge in [0.2, 0.25) is 5.91 Å². The molecule has 0 spiro atoms. The number of rotatable bonds is 10. The maximum absolute atomic E-state index is 12.1. The molecule has 2 aromatic carbocycles. The molecule has 186 valence electrons. The van der Waals surface area contributed by atoms with Crippen LogP contribution < -0.4 is 20.1 Å². The number of nitrogens with zero attached hydrogens (tertiary/aromatic N) is 4. The normalized spacial score (nSPS) is 10.9. The maximum Gasteiger partial charge on any atom is 0.247 e. The van der Waals surface area contributed by atoms with Gasteiger partial charge in [0, 0.05) is 24.2 Å². The molecule has 1 amide bonds. The standard InChI is InChI=1S/C26H28N6O3S/c1-6-26(33)31-21-12-20(22(34-5)14-23(21)35-10-9-32(3)4)30-25-13-19(27-15-28-25)17-7-8-18-24(11-17)36-16(2)29-18/h6-8,11-15H,1,9-10H2,2-5H3,(H,31,33)(H,27,28,30). The molecular weight excluding hydrogens is 476 g/mol. The van der Waals surface area contributed by atoms with Crippen molar-refractivity contribution < 1.29 is 14.3 Å². The quantitative estimate of drug-likeness (QED) is 0.295. The van der Waals surface area contributed by atoms with Crippen LogP contribution >= 0.6 is 11.3 Å². The van der Waals surface area contributed by atoms with E-state index in [0.717, 1.165) is 26.5 Å². The highest BCUT2D eigenvalue weighted by atomic mass is 32.1. The first kappa shape index (κ1) is 25.1.